The van der Waals surface area contributed by atoms with Gasteiger partial charge in [-0.2, -0.15) is 0 Å². The van der Waals surface area contributed by atoms with Crippen LogP contribution in [0.5, 0.6) is 0 Å². The Morgan fingerprint density at radius 3 is 2.80 bits per heavy atom. The molecule has 1 heterocycles. The molecular weight excluding hydrogens is 314 g/mol. The van der Waals surface area contributed by atoms with E-state index in [-0.39, 0.29) is 18.6 Å². The first-order valence-electron chi connectivity index (χ1n) is 8.37. The molecule has 130 valence electrons. The summed E-state index contributed by atoms with van der Waals surface area (Å²) >= 11 is 0. The first-order chi connectivity index (χ1) is 12.1. The number of carbonyl (C=O) groups excluding carboxylic acids is 1. The zero-order valence-corrected chi connectivity index (χ0v) is 14.8. The van der Waals surface area contributed by atoms with Crippen molar-refractivity contribution in [2.75, 3.05) is 13.7 Å². The number of fused-ring (bicyclic) bond motifs is 1. The molecule has 25 heavy (non-hydrogen) atoms. The van der Waals surface area contributed by atoms with Gasteiger partial charge >= 0.3 is 0 Å². The minimum atomic E-state index is -0.208. The van der Waals surface area contributed by atoms with Crippen LogP contribution in [-0.2, 0) is 16.1 Å². The van der Waals surface area contributed by atoms with Gasteiger partial charge in [-0.3, -0.25) is 4.79 Å². The molecule has 0 aliphatic carbocycles. The van der Waals surface area contributed by atoms with E-state index in [0.29, 0.717) is 6.54 Å². The van der Waals surface area contributed by atoms with E-state index < -0.39 is 0 Å². The van der Waals surface area contributed by atoms with Crippen molar-refractivity contribution in [1.82, 2.24) is 14.9 Å². The molecule has 1 atom stereocenters. The van der Waals surface area contributed by atoms with Gasteiger partial charge < -0.3 is 14.6 Å². The minimum Gasteiger partial charge on any atom is -0.375 e. The normalized spacial score (nSPS) is 12.3. The molecule has 2 aromatic carbocycles. The summed E-state index contributed by atoms with van der Waals surface area (Å²) in [5.41, 5.74) is 4.43. The van der Waals surface area contributed by atoms with Crippen LogP contribution in [0.25, 0.3) is 11.0 Å². The van der Waals surface area contributed by atoms with Crippen molar-refractivity contribution < 1.29 is 9.53 Å². The van der Waals surface area contributed by atoms with Crippen molar-refractivity contribution in [3.8, 4) is 0 Å². The maximum absolute atomic E-state index is 11.9. The Hall–Kier alpha value is -2.66. The summed E-state index contributed by atoms with van der Waals surface area (Å²) in [6.07, 6.45) is 0. The summed E-state index contributed by atoms with van der Waals surface area (Å²) < 4.78 is 7.07. The Bertz CT molecular complexity index is 886. The third-order valence-corrected chi connectivity index (χ3v) is 4.15. The summed E-state index contributed by atoms with van der Waals surface area (Å²) in [4.78, 5) is 16.6. The number of benzene rings is 2. The van der Waals surface area contributed by atoms with Crippen molar-refractivity contribution >= 4 is 16.9 Å². The Labute approximate surface area is 147 Å². The summed E-state index contributed by atoms with van der Waals surface area (Å²) in [6.45, 7) is 4.79. The Balaban J connectivity index is 1.98. The van der Waals surface area contributed by atoms with Gasteiger partial charge in [-0.15, -0.1) is 0 Å². The second-order valence-electron chi connectivity index (χ2n) is 6.26. The highest BCUT2D eigenvalue weighted by atomic mass is 16.5. The zero-order chi connectivity index (χ0) is 17.8. The van der Waals surface area contributed by atoms with Gasteiger partial charge in [0.15, 0.2) is 0 Å². The highest BCUT2D eigenvalue weighted by Gasteiger charge is 2.18. The Morgan fingerprint density at radius 2 is 2.04 bits per heavy atom. The number of carbonyl (C=O) groups is 1. The average molecular weight is 337 g/mol. The van der Waals surface area contributed by atoms with Crippen LogP contribution in [0.2, 0.25) is 0 Å². The van der Waals surface area contributed by atoms with Gasteiger partial charge in [0.25, 0.3) is 0 Å². The number of hydrogen-bond donors (Lipinski definition) is 1. The van der Waals surface area contributed by atoms with Crippen LogP contribution in [0, 0.1) is 6.92 Å². The number of aromatic nitrogens is 2. The van der Waals surface area contributed by atoms with Gasteiger partial charge in [-0.05, 0) is 31.5 Å². The van der Waals surface area contributed by atoms with Gasteiger partial charge in [0.2, 0.25) is 5.91 Å². The molecule has 0 spiro atoms. The maximum Gasteiger partial charge on any atom is 0.246 e. The number of amides is 1. The van der Waals surface area contributed by atoms with Crippen molar-refractivity contribution in [2.45, 2.75) is 26.4 Å². The van der Waals surface area contributed by atoms with Crippen LogP contribution >= 0.6 is 0 Å². The molecule has 0 aliphatic rings. The molecule has 3 rings (SSSR count). The third kappa shape index (κ3) is 3.88. The molecular formula is C20H23N3O2. The molecule has 0 saturated carbocycles. The maximum atomic E-state index is 11.9. The van der Waals surface area contributed by atoms with Crippen LogP contribution in [-0.4, -0.2) is 29.2 Å². The lowest BCUT2D eigenvalue weighted by atomic mass is 10.1. The second-order valence-corrected chi connectivity index (χ2v) is 6.26. The lowest BCUT2D eigenvalue weighted by Crippen LogP contribution is -2.31. The number of nitrogens with zero attached hydrogens (tertiary/aromatic N) is 2. The van der Waals surface area contributed by atoms with Gasteiger partial charge in [-0.1, -0.05) is 42.0 Å². The molecule has 1 unspecified atom stereocenters. The number of imidazole rings is 1. The van der Waals surface area contributed by atoms with Crippen LogP contribution in [0.3, 0.4) is 0 Å². The summed E-state index contributed by atoms with van der Waals surface area (Å²) in [5, 5.41) is 2.95. The molecule has 0 aliphatic heterocycles. The van der Waals surface area contributed by atoms with E-state index in [0.717, 1.165) is 16.9 Å². The van der Waals surface area contributed by atoms with E-state index in [1.807, 2.05) is 25.1 Å². The molecule has 1 N–H and O–H groups in total. The summed E-state index contributed by atoms with van der Waals surface area (Å²) in [6, 6.07) is 16.3. The minimum absolute atomic E-state index is 0.0441. The molecule has 5 heteroatoms. The van der Waals surface area contributed by atoms with E-state index in [4.69, 9.17) is 9.72 Å². The number of para-hydroxylation sites is 2. The molecule has 0 saturated heterocycles. The van der Waals surface area contributed by atoms with Crippen LogP contribution in [0.4, 0.5) is 0 Å². The Kier molecular flexibility index (Phi) is 5.14. The fraction of sp³-hybridized carbons (Fsp3) is 0.300. The molecule has 0 radical (unpaired) electrons. The number of nitrogens with one attached hydrogen (secondary N) is 1. The molecule has 0 fully saturated rings. The predicted octanol–water partition coefficient (Wildman–Crippen LogP) is 3.22. The topological polar surface area (TPSA) is 56.1 Å². The number of ether oxygens (including phenoxy) is 1. The SMILES string of the molecule is COCC(=O)NC(C)c1nc2ccccc2n1Cc1cccc(C)c1. The fourth-order valence-electron chi connectivity index (χ4n) is 3.06. The van der Waals surface area contributed by atoms with Crippen molar-refractivity contribution in [1.29, 1.82) is 0 Å². The average Bonchev–Trinajstić information content (AvgIpc) is 2.94. The quantitative estimate of drug-likeness (QED) is 0.751. The number of methoxy groups -OCH3 is 1. The van der Waals surface area contributed by atoms with Crippen molar-refractivity contribution in [2.24, 2.45) is 0 Å². The third-order valence-electron chi connectivity index (χ3n) is 4.15. The number of hydrogen-bond acceptors (Lipinski definition) is 3. The van der Waals surface area contributed by atoms with Gasteiger partial charge in [0.05, 0.1) is 17.1 Å². The lowest BCUT2D eigenvalue weighted by Gasteiger charge is -2.16. The van der Waals surface area contributed by atoms with Crippen molar-refractivity contribution in [3.05, 3.63) is 65.5 Å². The smallest absolute Gasteiger partial charge is 0.246 e. The molecule has 5 nitrogen and oxygen atoms in total. The monoisotopic (exact) mass is 337 g/mol. The fourth-order valence-corrected chi connectivity index (χ4v) is 3.06. The van der Waals surface area contributed by atoms with Crippen molar-refractivity contribution in [3.63, 3.8) is 0 Å². The molecule has 3 aromatic rings. The van der Waals surface area contributed by atoms with E-state index in [1.54, 1.807) is 0 Å². The lowest BCUT2D eigenvalue weighted by molar-refractivity contribution is -0.125. The highest BCUT2D eigenvalue weighted by molar-refractivity contribution is 5.78. The first kappa shape index (κ1) is 17.2. The van der Waals surface area contributed by atoms with Crippen LogP contribution < -0.4 is 5.32 Å². The predicted molar refractivity (Wildman–Crippen MR) is 98.4 cm³/mol. The summed E-state index contributed by atoms with van der Waals surface area (Å²) in [5.74, 6) is 0.691. The molecule has 1 amide bonds. The zero-order valence-electron chi connectivity index (χ0n) is 14.8. The largest absolute Gasteiger partial charge is 0.375 e. The first-order valence-corrected chi connectivity index (χ1v) is 8.37. The van der Waals surface area contributed by atoms with Gasteiger partial charge in [0, 0.05) is 13.7 Å². The summed E-state index contributed by atoms with van der Waals surface area (Å²) in [7, 11) is 1.51. The van der Waals surface area contributed by atoms with Crippen LogP contribution in [0.15, 0.2) is 48.5 Å². The van der Waals surface area contributed by atoms with Crippen LogP contribution in [0.1, 0.15) is 29.9 Å². The molecule has 1 aromatic heterocycles. The second kappa shape index (κ2) is 7.49. The van der Waals surface area contributed by atoms with E-state index in [9.17, 15) is 4.79 Å². The Morgan fingerprint density at radius 1 is 1.24 bits per heavy atom. The van der Waals surface area contributed by atoms with Gasteiger partial charge in [0.1, 0.15) is 12.4 Å². The van der Waals surface area contributed by atoms with E-state index >= 15 is 0 Å². The highest BCUT2D eigenvalue weighted by Crippen LogP contribution is 2.22. The molecule has 0 bridgehead atoms. The van der Waals surface area contributed by atoms with Gasteiger partial charge in [-0.25, -0.2) is 4.98 Å². The van der Waals surface area contributed by atoms with E-state index in [1.165, 1.54) is 18.2 Å². The van der Waals surface area contributed by atoms with E-state index in [2.05, 4.69) is 47.1 Å². The standard InChI is InChI=1S/C20H23N3O2/c1-14-7-6-8-16(11-14)12-23-18-10-5-4-9-17(18)22-20(23)15(2)21-19(24)13-25-3/h4-11,15H,12-13H2,1-3H3,(H,21,24). The number of aryl methyl sites for hydroxylation is 1. The number of rotatable bonds is 6.